The summed E-state index contributed by atoms with van der Waals surface area (Å²) in [5, 5.41) is 21.6. The van der Waals surface area contributed by atoms with Gasteiger partial charge >= 0.3 is 0 Å². The van der Waals surface area contributed by atoms with E-state index in [1.807, 2.05) is 83.1 Å². The average Bonchev–Trinajstić information content (AvgIpc) is 3.66. The van der Waals surface area contributed by atoms with Gasteiger partial charge in [-0.3, -0.25) is 19.2 Å². The lowest BCUT2D eigenvalue weighted by atomic mass is 10.1. The van der Waals surface area contributed by atoms with E-state index in [1.54, 1.807) is 0 Å². The van der Waals surface area contributed by atoms with Gasteiger partial charge in [0.15, 0.2) is 0 Å². The Bertz CT molecular complexity index is 859. The fourth-order valence-corrected chi connectivity index (χ4v) is 5.48. The lowest BCUT2D eigenvalue weighted by molar-refractivity contribution is -0.123. The summed E-state index contributed by atoms with van der Waals surface area (Å²) >= 11 is 0. The topological polar surface area (TPSA) is 179 Å². The molecule has 49 heavy (non-hydrogen) atoms. The summed E-state index contributed by atoms with van der Waals surface area (Å²) in [5.41, 5.74) is 4.75. The Balaban J connectivity index is 0.000000631. The second-order valence-corrected chi connectivity index (χ2v) is 17.7. The third-order valence-electron chi connectivity index (χ3n) is 7.21. The van der Waals surface area contributed by atoms with E-state index in [0.717, 1.165) is 38.9 Å². The number of carbonyl (C=O) groups excluding carboxylic acids is 4. The van der Waals surface area contributed by atoms with Crippen molar-refractivity contribution in [3.63, 3.8) is 0 Å². The number of hydrogen-bond donors (Lipinski definition) is 8. The second-order valence-electron chi connectivity index (χ2n) is 17.7. The van der Waals surface area contributed by atoms with Crippen molar-refractivity contribution in [1.82, 2.24) is 37.2 Å². The summed E-state index contributed by atoms with van der Waals surface area (Å²) < 4.78 is 0. The van der Waals surface area contributed by atoms with Crippen molar-refractivity contribution in [1.29, 1.82) is 0 Å². The molecule has 3 heterocycles. The van der Waals surface area contributed by atoms with Gasteiger partial charge in [0.05, 0.1) is 0 Å². The number of carbonyl (C=O) groups is 4. The molecule has 3 fully saturated rings. The molecule has 3 aliphatic rings. The Morgan fingerprint density at radius 1 is 0.490 bits per heavy atom. The van der Waals surface area contributed by atoms with Gasteiger partial charge in [0.1, 0.15) is 0 Å². The highest BCUT2D eigenvalue weighted by molar-refractivity contribution is 5.78. The fourth-order valence-electron chi connectivity index (χ4n) is 5.48. The van der Waals surface area contributed by atoms with Crippen molar-refractivity contribution in [2.75, 3.05) is 26.2 Å². The Morgan fingerprint density at radius 3 is 0.918 bits per heavy atom. The van der Waals surface area contributed by atoms with Gasteiger partial charge in [0.25, 0.3) is 0 Å². The van der Waals surface area contributed by atoms with Gasteiger partial charge in [-0.05, 0) is 141 Å². The molecule has 3 aliphatic heterocycles. The second kappa shape index (κ2) is 22.5. The first-order valence-electron chi connectivity index (χ1n) is 18.5. The molecule has 3 atom stereocenters. The molecule has 3 saturated heterocycles. The Kier molecular flexibility index (Phi) is 21.5. The van der Waals surface area contributed by atoms with Gasteiger partial charge in [0, 0.05) is 72.5 Å². The first-order chi connectivity index (χ1) is 22.4. The van der Waals surface area contributed by atoms with Crippen molar-refractivity contribution < 1.29 is 19.2 Å². The minimum absolute atomic E-state index is 0.0231. The molecule has 0 radical (unpaired) electrons. The van der Waals surface area contributed by atoms with Crippen LogP contribution in [0.5, 0.6) is 0 Å². The molecular formula is C37H76N8O4. The largest absolute Gasteiger partial charge is 0.351 e. The summed E-state index contributed by atoms with van der Waals surface area (Å²) in [6, 6.07) is 1.21. The van der Waals surface area contributed by atoms with Crippen LogP contribution in [0.3, 0.4) is 0 Å². The quantitative estimate of drug-likeness (QED) is 0.190. The van der Waals surface area contributed by atoms with Crippen LogP contribution in [-0.4, -0.2) is 90.1 Å². The van der Waals surface area contributed by atoms with Crippen LogP contribution in [-0.2, 0) is 19.2 Å². The minimum Gasteiger partial charge on any atom is -0.351 e. The Morgan fingerprint density at radius 2 is 0.735 bits per heavy atom. The molecule has 12 heteroatoms. The Hall–Kier alpha value is -2.28. The van der Waals surface area contributed by atoms with Crippen LogP contribution in [0.4, 0.5) is 0 Å². The van der Waals surface area contributed by atoms with Gasteiger partial charge in [-0.1, -0.05) is 0 Å². The highest BCUT2D eigenvalue weighted by Gasteiger charge is 2.22. The average molecular weight is 697 g/mol. The molecule has 0 aromatic carbocycles. The molecule has 3 rings (SSSR count). The van der Waals surface area contributed by atoms with E-state index >= 15 is 0 Å². The predicted molar refractivity (Wildman–Crippen MR) is 202 cm³/mol. The molecule has 0 aliphatic carbocycles. The molecule has 1 unspecified atom stereocenters. The van der Waals surface area contributed by atoms with Crippen LogP contribution in [0.25, 0.3) is 0 Å². The number of nitrogens with one attached hydrogen (secondary N) is 7. The highest BCUT2D eigenvalue weighted by Crippen LogP contribution is 2.11. The van der Waals surface area contributed by atoms with E-state index in [2.05, 4.69) is 37.2 Å². The molecule has 0 bridgehead atoms. The van der Waals surface area contributed by atoms with Crippen molar-refractivity contribution in [3.05, 3.63) is 0 Å². The van der Waals surface area contributed by atoms with E-state index in [9.17, 15) is 19.2 Å². The zero-order chi connectivity index (χ0) is 37.9. The number of amides is 4. The molecule has 12 nitrogen and oxygen atoms in total. The van der Waals surface area contributed by atoms with Crippen LogP contribution in [0.2, 0.25) is 0 Å². The van der Waals surface area contributed by atoms with Crippen LogP contribution in [0.1, 0.15) is 147 Å². The van der Waals surface area contributed by atoms with Crippen molar-refractivity contribution in [2.45, 2.75) is 188 Å². The predicted octanol–water partition coefficient (Wildman–Crippen LogP) is 3.38. The van der Waals surface area contributed by atoms with Crippen LogP contribution in [0, 0.1) is 0 Å². The first-order valence-corrected chi connectivity index (χ1v) is 18.5. The number of hydrogen-bond acceptors (Lipinski definition) is 8. The SMILES string of the molecule is CC(C)(C)NC(=O)CC1CCCN1.CC(C)(C)NC(=O)CCN.CC(C)(C)NC(=O)C[C@@H]1CCCN1.CC(C)(C)NC(=O)C[C@H]1CCCN1. The molecule has 0 aromatic heterocycles. The zero-order valence-electron chi connectivity index (χ0n) is 33.3. The van der Waals surface area contributed by atoms with Crippen molar-refractivity contribution >= 4 is 23.6 Å². The molecule has 4 amide bonds. The molecule has 9 N–H and O–H groups in total. The first kappa shape index (κ1) is 46.7. The molecule has 288 valence electrons. The maximum absolute atomic E-state index is 11.5. The third kappa shape index (κ3) is 30.3. The van der Waals surface area contributed by atoms with E-state index in [-0.39, 0.29) is 45.8 Å². The van der Waals surface area contributed by atoms with Gasteiger partial charge < -0.3 is 43.0 Å². The van der Waals surface area contributed by atoms with Gasteiger partial charge in [0.2, 0.25) is 23.6 Å². The lowest BCUT2D eigenvalue weighted by Crippen LogP contribution is -2.42. The zero-order valence-corrected chi connectivity index (χ0v) is 33.3. The van der Waals surface area contributed by atoms with Crippen LogP contribution < -0.4 is 43.0 Å². The van der Waals surface area contributed by atoms with Crippen molar-refractivity contribution in [2.24, 2.45) is 5.73 Å². The van der Waals surface area contributed by atoms with Crippen molar-refractivity contribution in [3.8, 4) is 0 Å². The smallest absolute Gasteiger partial charge is 0.221 e. The summed E-state index contributed by atoms with van der Waals surface area (Å²) in [7, 11) is 0. The van der Waals surface area contributed by atoms with Crippen LogP contribution in [0.15, 0.2) is 0 Å². The van der Waals surface area contributed by atoms with Gasteiger partial charge in [-0.25, -0.2) is 0 Å². The Labute approximate surface area is 299 Å². The summed E-state index contributed by atoms with van der Waals surface area (Å²) in [5.74, 6) is 0.501. The van der Waals surface area contributed by atoms with Gasteiger partial charge in [-0.2, -0.15) is 0 Å². The molecule has 0 spiro atoms. The number of nitrogens with two attached hydrogens (primary N) is 1. The van der Waals surface area contributed by atoms with Gasteiger partial charge in [-0.15, -0.1) is 0 Å². The molecule has 0 aromatic rings. The monoisotopic (exact) mass is 697 g/mol. The molecular weight excluding hydrogens is 620 g/mol. The third-order valence-corrected chi connectivity index (χ3v) is 7.21. The molecule has 0 saturated carbocycles. The van der Waals surface area contributed by atoms with E-state index in [1.165, 1.54) is 19.3 Å². The summed E-state index contributed by atoms with van der Waals surface area (Å²) in [6.45, 7) is 27.5. The lowest BCUT2D eigenvalue weighted by Gasteiger charge is -2.21. The maximum atomic E-state index is 11.5. The van der Waals surface area contributed by atoms with E-state index in [4.69, 9.17) is 5.73 Å². The maximum Gasteiger partial charge on any atom is 0.221 e. The van der Waals surface area contributed by atoms with Crippen LogP contribution >= 0.6 is 0 Å². The standard InChI is InChI=1S/3C10H20N2O.C7H16N2O/c3*1-10(2,3)12-9(13)7-8-5-4-6-11-8;1-7(2,3)9-6(10)4-5-8/h3*8,11H,4-7H2,1-3H3,(H,12,13);4-5,8H2,1-3H3,(H,9,10)/t2*8-;;/m10../s1. The summed E-state index contributed by atoms with van der Waals surface area (Å²) in [6.07, 6.45) is 9.30. The van der Waals surface area contributed by atoms with E-state index in [0.29, 0.717) is 50.4 Å². The summed E-state index contributed by atoms with van der Waals surface area (Å²) in [4.78, 5) is 45.3. The number of rotatable bonds is 8. The normalized spacial score (nSPS) is 20.7. The van der Waals surface area contributed by atoms with E-state index < -0.39 is 0 Å². The highest BCUT2D eigenvalue weighted by atomic mass is 16.2. The minimum atomic E-state index is -0.133. The fraction of sp³-hybridized carbons (Fsp3) is 0.892.